The molecule has 6 heteroatoms. The van der Waals surface area contributed by atoms with Crippen molar-refractivity contribution < 1.29 is 13.9 Å². The fourth-order valence-electron chi connectivity index (χ4n) is 2.50. The molecule has 0 saturated carbocycles. The standard InChI is InChI=1S/C16H21N3O3/c1-12-8-14(22-13(12)2)9-19-6-7-20-15(10-19)11-21-16-17-4-3-5-18-16/h3-5,8,15H,6-7,9-11H2,1-2H3. The molecule has 6 nitrogen and oxygen atoms in total. The van der Waals surface area contributed by atoms with Crippen LogP contribution in [0.5, 0.6) is 6.01 Å². The van der Waals surface area contributed by atoms with Crippen molar-refractivity contribution in [3.8, 4) is 6.01 Å². The summed E-state index contributed by atoms with van der Waals surface area (Å²) < 4.78 is 17.1. The van der Waals surface area contributed by atoms with Gasteiger partial charge in [-0.2, -0.15) is 0 Å². The molecule has 0 aliphatic carbocycles. The molecule has 0 radical (unpaired) electrons. The van der Waals surface area contributed by atoms with Crippen LogP contribution < -0.4 is 4.74 Å². The second-order valence-electron chi connectivity index (χ2n) is 5.52. The molecular weight excluding hydrogens is 282 g/mol. The molecule has 1 atom stereocenters. The lowest BCUT2D eigenvalue weighted by Gasteiger charge is -2.31. The summed E-state index contributed by atoms with van der Waals surface area (Å²) in [6, 6.07) is 4.26. The summed E-state index contributed by atoms with van der Waals surface area (Å²) in [5, 5.41) is 0. The van der Waals surface area contributed by atoms with Crippen molar-refractivity contribution in [2.24, 2.45) is 0 Å². The van der Waals surface area contributed by atoms with Gasteiger partial charge in [-0.05, 0) is 31.5 Å². The van der Waals surface area contributed by atoms with Crippen molar-refractivity contribution in [2.75, 3.05) is 26.3 Å². The zero-order chi connectivity index (χ0) is 15.4. The summed E-state index contributed by atoms with van der Waals surface area (Å²) in [4.78, 5) is 10.4. The summed E-state index contributed by atoms with van der Waals surface area (Å²) in [5.41, 5.74) is 1.20. The van der Waals surface area contributed by atoms with E-state index in [1.165, 1.54) is 5.56 Å². The average Bonchev–Trinajstić information content (AvgIpc) is 2.84. The average molecular weight is 303 g/mol. The molecule has 1 unspecified atom stereocenters. The zero-order valence-corrected chi connectivity index (χ0v) is 13.0. The third kappa shape index (κ3) is 3.84. The largest absolute Gasteiger partial charge is 0.465 e. The number of aryl methyl sites for hydroxylation is 2. The predicted octanol–water partition coefficient (Wildman–Crippen LogP) is 1.97. The van der Waals surface area contributed by atoms with Gasteiger partial charge in [-0.3, -0.25) is 4.90 Å². The molecule has 0 N–H and O–H groups in total. The van der Waals surface area contributed by atoms with Gasteiger partial charge in [-0.15, -0.1) is 0 Å². The number of aromatic nitrogens is 2. The molecule has 0 spiro atoms. The predicted molar refractivity (Wildman–Crippen MR) is 80.7 cm³/mol. The molecule has 0 bridgehead atoms. The maximum absolute atomic E-state index is 5.75. The quantitative estimate of drug-likeness (QED) is 0.841. The molecule has 3 rings (SSSR count). The Morgan fingerprint density at radius 1 is 1.32 bits per heavy atom. The van der Waals surface area contributed by atoms with Gasteiger partial charge in [0.1, 0.15) is 24.2 Å². The van der Waals surface area contributed by atoms with Gasteiger partial charge in [0, 0.05) is 25.5 Å². The number of rotatable bonds is 5. The van der Waals surface area contributed by atoms with Crippen LogP contribution in [0, 0.1) is 13.8 Å². The first-order valence-electron chi connectivity index (χ1n) is 7.50. The zero-order valence-electron chi connectivity index (χ0n) is 13.0. The molecule has 118 valence electrons. The third-order valence-electron chi connectivity index (χ3n) is 3.76. The van der Waals surface area contributed by atoms with Crippen molar-refractivity contribution in [3.05, 3.63) is 41.6 Å². The Morgan fingerprint density at radius 2 is 2.14 bits per heavy atom. The summed E-state index contributed by atoms with van der Waals surface area (Å²) in [7, 11) is 0. The first-order chi connectivity index (χ1) is 10.7. The lowest BCUT2D eigenvalue weighted by Crippen LogP contribution is -2.44. The second-order valence-corrected chi connectivity index (χ2v) is 5.52. The molecule has 1 fully saturated rings. The SMILES string of the molecule is Cc1cc(CN2CCOC(COc3ncccn3)C2)oc1C. The molecule has 22 heavy (non-hydrogen) atoms. The maximum Gasteiger partial charge on any atom is 0.316 e. The van der Waals surface area contributed by atoms with Crippen LogP contribution in [0.1, 0.15) is 17.1 Å². The van der Waals surface area contributed by atoms with E-state index in [0.717, 1.165) is 31.2 Å². The first-order valence-corrected chi connectivity index (χ1v) is 7.50. The van der Waals surface area contributed by atoms with Crippen LogP contribution in [0.15, 0.2) is 28.9 Å². The van der Waals surface area contributed by atoms with Gasteiger partial charge in [0.15, 0.2) is 0 Å². The van der Waals surface area contributed by atoms with Crippen LogP contribution in [0.2, 0.25) is 0 Å². The van der Waals surface area contributed by atoms with Gasteiger partial charge in [0.25, 0.3) is 0 Å². The molecule has 2 aromatic rings. The van der Waals surface area contributed by atoms with E-state index in [1.807, 2.05) is 6.92 Å². The van der Waals surface area contributed by atoms with Gasteiger partial charge < -0.3 is 13.9 Å². The van der Waals surface area contributed by atoms with E-state index < -0.39 is 0 Å². The highest BCUT2D eigenvalue weighted by Gasteiger charge is 2.22. The Morgan fingerprint density at radius 3 is 2.86 bits per heavy atom. The molecule has 1 aliphatic heterocycles. The fourth-order valence-corrected chi connectivity index (χ4v) is 2.50. The molecule has 1 aliphatic rings. The lowest BCUT2D eigenvalue weighted by molar-refractivity contribution is -0.0531. The van der Waals surface area contributed by atoms with E-state index in [2.05, 4.69) is 27.9 Å². The monoisotopic (exact) mass is 303 g/mol. The number of furan rings is 1. The molecule has 2 aromatic heterocycles. The summed E-state index contributed by atoms with van der Waals surface area (Å²) in [6.07, 6.45) is 3.35. The fraction of sp³-hybridized carbons (Fsp3) is 0.500. The lowest BCUT2D eigenvalue weighted by atomic mass is 10.2. The van der Waals surface area contributed by atoms with E-state index in [9.17, 15) is 0 Å². The van der Waals surface area contributed by atoms with Crippen LogP contribution in [0.4, 0.5) is 0 Å². The Kier molecular flexibility index (Phi) is 4.70. The summed E-state index contributed by atoms with van der Waals surface area (Å²) in [5.74, 6) is 1.99. The van der Waals surface area contributed by atoms with E-state index in [0.29, 0.717) is 19.2 Å². The van der Waals surface area contributed by atoms with Crippen molar-refractivity contribution in [2.45, 2.75) is 26.5 Å². The third-order valence-corrected chi connectivity index (χ3v) is 3.76. The Hall–Kier alpha value is -1.92. The minimum absolute atomic E-state index is 0.0229. The number of hydrogen-bond acceptors (Lipinski definition) is 6. The number of morpholine rings is 1. The Bertz CT molecular complexity index is 580. The van der Waals surface area contributed by atoms with Crippen LogP contribution >= 0.6 is 0 Å². The minimum Gasteiger partial charge on any atom is -0.465 e. The van der Waals surface area contributed by atoms with Gasteiger partial charge in [-0.1, -0.05) is 0 Å². The highest BCUT2D eigenvalue weighted by molar-refractivity contribution is 5.18. The molecule has 1 saturated heterocycles. The second kappa shape index (κ2) is 6.89. The number of nitrogens with zero attached hydrogens (tertiary/aromatic N) is 3. The molecular formula is C16H21N3O3. The van der Waals surface area contributed by atoms with Crippen molar-refractivity contribution in [3.63, 3.8) is 0 Å². The van der Waals surface area contributed by atoms with Gasteiger partial charge in [0.05, 0.1) is 13.2 Å². The number of ether oxygens (including phenoxy) is 2. The smallest absolute Gasteiger partial charge is 0.316 e. The minimum atomic E-state index is 0.0229. The van der Waals surface area contributed by atoms with Crippen molar-refractivity contribution in [1.82, 2.24) is 14.9 Å². The van der Waals surface area contributed by atoms with E-state index in [-0.39, 0.29) is 6.10 Å². The van der Waals surface area contributed by atoms with Gasteiger partial charge >= 0.3 is 6.01 Å². The van der Waals surface area contributed by atoms with Crippen molar-refractivity contribution >= 4 is 0 Å². The summed E-state index contributed by atoms with van der Waals surface area (Å²) in [6.45, 7) is 7.73. The normalized spacial score (nSPS) is 19.3. The first kappa shape index (κ1) is 15.0. The molecule has 0 aromatic carbocycles. The van der Waals surface area contributed by atoms with Crippen LogP contribution in [-0.2, 0) is 11.3 Å². The Balaban J connectivity index is 1.50. The highest BCUT2D eigenvalue weighted by Crippen LogP contribution is 2.17. The van der Waals surface area contributed by atoms with Gasteiger partial charge in [-0.25, -0.2) is 9.97 Å². The maximum atomic E-state index is 5.75. The van der Waals surface area contributed by atoms with E-state index >= 15 is 0 Å². The van der Waals surface area contributed by atoms with Crippen molar-refractivity contribution in [1.29, 1.82) is 0 Å². The summed E-state index contributed by atoms with van der Waals surface area (Å²) >= 11 is 0. The molecule has 3 heterocycles. The highest BCUT2D eigenvalue weighted by atomic mass is 16.5. The van der Waals surface area contributed by atoms with E-state index in [1.54, 1.807) is 18.5 Å². The van der Waals surface area contributed by atoms with Crippen LogP contribution in [-0.4, -0.2) is 47.3 Å². The van der Waals surface area contributed by atoms with Crippen LogP contribution in [0.25, 0.3) is 0 Å². The number of hydrogen-bond donors (Lipinski definition) is 0. The van der Waals surface area contributed by atoms with Gasteiger partial charge in [0.2, 0.25) is 0 Å². The van der Waals surface area contributed by atoms with E-state index in [4.69, 9.17) is 13.9 Å². The van der Waals surface area contributed by atoms with Crippen LogP contribution in [0.3, 0.4) is 0 Å². The Labute approximate surface area is 130 Å². The topological polar surface area (TPSA) is 60.6 Å². The molecule has 0 amide bonds.